The summed E-state index contributed by atoms with van der Waals surface area (Å²) in [6, 6.07) is 15.8. The summed E-state index contributed by atoms with van der Waals surface area (Å²) in [5, 5.41) is 30.0. The van der Waals surface area contributed by atoms with Crippen molar-refractivity contribution in [1.82, 2.24) is 4.90 Å². The molecule has 7 heteroatoms. The smallest absolute Gasteiger partial charge is 0.269 e. The number of nitro benzene ring substituents is 1. The molecule has 0 spiro atoms. The molecule has 0 bridgehead atoms. The average molecular weight is 374 g/mol. The van der Waals surface area contributed by atoms with E-state index >= 15 is 0 Å². The first kappa shape index (κ1) is 20.8. The van der Waals surface area contributed by atoms with Gasteiger partial charge in [-0.2, -0.15) is 0 Å². The third-order valence-corrected chi connectivity index (χ3v) is 4.09. The molecule has 2 rings (SSSR count). The summed E-state index contributed by atoms with van der Waals surface area (Å²) in [5.41, 5.74) is 1.16. The summed E-state index contributed by atoms with van der Waals surface area (Å²) < 4.78 is 5.54. The minimum Gasteiger partial charge on any atom is -0.491 e. The zero-order chi connectivity index (χ0) is 19.5. The van der Waals surface area contributed by atoms with Crippen molar-refractivity contribution in [2.24, 2.45) is 0 Å². The number of aliphatic hydroxyl groups is 2. The zero-order valence-corrected chi connectivity index (χ0v) is 15.2. The van der Waals surface area contributed by atoms with Gasteiger partial charge in [-0.25, -0.2) is 0 Å². The van der Waals surface area contributed by atoms with Gasteiger partial charge in [0.2, 0.25) is 0 Å². The standard InChI is InChI=1S/C20H26N2O5/c23-13-5-4-12-21(14-17-6-2-1-3-7-17)15-19(24)16-27-20-10-8-18(9-11-20)22(25)26/h1-3,6-11,19,23-24H,4-5,12-16H2. The number of hydrogen-bond acceptors (Lipinski definition) is 6. The maximum Gasteiger partial charge on any atom is 0.269 e. The Hall–Kier alpha value is -2.48. The first-order chi connectivity index (χ1) is 13.1. The summed E-state index contributed by atoms with van der Waals surface area (Å²) in [6.07, 6.45) is 0.873. The number of aliphatic hydroxyl groups excluding tert-OH is 2. The van der Waals surface area contributed by atoms with Crippen molar-refractivity contribution < 1.29 is 19.9 Å². The zero-order valence-electron chi connectivity index (χ0n) is 15.2. The fourth-order valence-electron chi connectivity index (χ4n) is 2.73. The van der Waals surface area contributed by atoms with Crippen LogP contribution in [-0.4, -0.2) is 52.4 Å². The summed E-state index contributed by atoms with van der Waals surface area (Å²) >= 11 is 0. The van der Waals surface area contributed by atoms with E-state index < -0.39 is 11.0 Å². The highest BCUT2D eigenvalue weighted by atomic mass is 16.6. The predicted molar refractivity (Wildman–Crippen MR) is 103 cm³/mol. The Kier molecular flexibility index (Phi) is 8.70. The molecule has 0 heterocycles. The van der Waals surface area contributed by atoms with Crippen molar-refractivity contribution in [3.05, 3.63) is 70.3 Å². The fraction of sp³-hybridized carbons (Fsp3) is 0.400. The van der Waals surface area contributed by atoms with Crippen LogP contribution in [-0.2, 0) is 6.54 Å². The maximum atomic E-state index is 10.7. The van der Waals surface area contributed by atoms with E-state index in [1.807, 2.05) is 30.3 Å². The van der Waals surface area contributed by atoms with E-state index in [-0.39, 0.29) is 18.9 Å². The molecule has 2 N–H and O–H groups in total. The number of ether oxygens (including phenoxy) is 1. The van der Waals surface area contributed by atoms with Gasteiger partial charge < -0.3 is 14.9 Å². The molecule has 1 unspecified atom stereocenters. The Labute approximate surface area is 159 Å². The van der Waals surface area contributed by atoms with Crippen LogP contribution >= 0.6 is 0 Å². The van der Waals surface area contributed by atoms with Crippen molar-refractivity contribution in [2.45, 2.75) is 25.5 Å². The van der Waals surface area contributed by atoms with Crippen molar-refractivity contribution in [1.29, 1.82) is 0 Å². The van der Waals surface area contributed by atoms with Crippen molar-refractivity contribution in [3.8, 4) is 5.75 Å². The molecule has 7 nitrogen and oxygen atoms in total. The normalized spacial score (nSPS) is 12.1. The van der Waals surface area contributed by atoms with Gasteiger partial charge in [-0.3, -0.25) is 15.0 Å². The first-order valence-corrected chi connectivity index (χ1v) is 9.01. The molecule has 2 aromatic rings. The predicted octanol–water partition coefficient (Wildman–Crippen LogP) is 2.61. The van der Waals surface area contributed by atoms with Crippen LogP contribution in [0.1, 0.15) is 18.4 Å². The van der Waals surface area contributed by atoms with Crippen LogP contribution in [0.4, 0.5) is 5.69 Å². The van der Waals surface area contributed by atoms with Gasteiger partial charge in [0.05, 0.1) is 4.92 Å². The minimum absolute atomic E-state index is 0.000757. The molecule has 0 fully saturated rings. The van der Waals surface area contributed by atoms with Crippen LogP contribution in [0, 0.1) is 10.1 Å². The number of hydrogen-bond donors (Lipinski definition) is 2. The second-order valence-corrected chi connectivity index (χ2v) is 6.37. The highest BCUT2D eigenvalue weighted by Gasteiger charge is 2.13. The van der Waals surface area contributed by atoms with Gasteiger partial charge in [0.25, 0.3) is 5.69 Å². The molecule has 0 aliphatic carbocycles. The van der Waals surface area contributed by atoms with Crippen molar-refractivity contribution in [3.63, 3.8) is 0 Å². The molecule has 0 aliphatic rings. The molecule has 27 heavy (non-hydrogen) atoms. The molecule has 0 radical (unpaired) electrons. The SMILES string of the molecule is O=[N+]([O-])c1ccc(OCC(O)CN(CCCCO)Cc2ccccc2)cc1. The quantitative estimate of drug-likeness (QED) is 0.337. The van der Waals surface area contributed by atoms with Gasteiger partial charge in [0.1, 0.15) is 18.5 Å². The number of rotatable bonds is 12. The summed E-state index contributed by atoms with van der Waals surface area (Å²) in [5.74, 6) is 0.481. The number of nitro groups is 1. The third-order valence-electron chi connectivity index (χ3n) is 4.09. The number of unbranched alkanes of at least 4 members (excludes halogenated alkanes) is 1. The molecule has 0 saturated carbocycles. The Balaban J connectivity index is 1.85. The summed E-state index contributed by atoms with van der Waals surface area (Å²) in [4.78, 5) is 12.3. The van der Waals surface area contributed by atoms with E-state index in [1.165, 1.54) is 24.3 Å². The van der Waals surface area contributed by atoms with Gasteiger partial charge in [0, 0.05) is 31.8 Å². The van der Waals surface area contributed by atoms with Crippen LogP contribution < -0.4 is 4.74 Å². The second-order valence-electron chi connectivity index (χ2n) is 6.37. The Bertz CT molecular complexity index is 679. The monoisotopic (exact) mass is 374 g/mol. The van der Waals surface area contributed by atoms with Crippen LogP contribution in [0.5, 0.6) is 5.75 Å². The van der Waals surface area contributed by atoms with E-state index in [9.17, 15) is 15.2 Å². The average Bonchev–Trinajstić information content (AvgIpc) is 2.67. The van der Waals surface area contributed by atoms with E-state index in [0.29, 0.717) is 18.8 Å². The number of non-ortho nitro benzene ring substituents is 1. The fourth-order valence-corrected chi connectivity index (χ4v) is 2.73. The highest BCUT2D eigenvalue weighted by molar-refractivity contribution is 5.35. The van der Waals surface area contributed by atoms with E-state index in [4.69, 9.17) is 9.84 Å². The van der Waals surface area contributed by atoms with Gasteiger partial charge in [0.15, 0.2) is 0 Å². The second kappa shape index (κ2) is 11.3. The molecule has 146 valence electrons. The molecule has 1 atom stereocenters. The lowest BCUT2D eigenvalue weighted by atomic mass is 10.2. The topological polar surface area (TPSA) is 96.1 Å². The number of benzene rings is 2. The van der Waals surface area contributed by atoms with Crippen molar-refractivity contribution >= 4 is 5.69 Å². The van der Waals surface area contributed by atoms with Gasteiger partial charge in [-0.15, -0.1) is 0 Å². The first-order valence-electron chi connectivity index (χ1n) is 9.01. The van der Waals surface area contributed by atoms with Gasteiger partial charge in [-0.1, -0.05) is 30.3 Å². The Morgan fingerprint density at radius 3 is 2.41 bits per heavy atom. The van der Waals surface area contributed by atoms with Crippen molar-refractivity contribution in [2.75, 3.05) is 26.3 Å². The van der Waals surface area contributed by atoms with Crippen LogP contribution in [0.3, 0.4) is 0 Å². The van der Waals surface area contributed by atoms with E-state index in [2.05, 4.69) is 4.90 Å². The van der Waals surface area contributed by atoms with Gasteiger partial charge in [-0.05, 0) is 37.1 Å². The molecular weight excluding hydrogens is 348 g/mol. The molecule has 2 aromatic carbocycles. The number of nitrogens with zero attached hydrogens (tertiary/aromatic N) is 2. The van der Waals surface area contributed by atoms with E-state index in [1.54, 1.807) is 0 Å². The summed E-state index contributed by atoms with van der Waals surface area (Å²) in [6.45, 7) is 2.17. The Morgan fingerprint density at radius 1 is 1.07 bits per heavy atom. The molecule has 0 saturated heterocycles. The van der Waals surface area contributed by atoms with Gasteiger partial charge >= 0.3 is 0 Å². The lowest BCUT2D eigenvalue weighted by Gasteiger charge is -2.25. The van der Waals surface area contributed by atoms with Crippen LogP contribution in [0.2, 0.25) is 0 Å². The molecular formula is C20H26N2O5. The highest BCUT2D eigenvalue weighted by Crippen LogP contribution is 2.17. The minimum atomic E-state index is -0.696. The molecule has 0 aromatic heterocycles. The van der Waals surface area contributed by atoms with Crippen LogP contribution in [0.25, 0.3) is 0 Å². The lowest BCUT2D eigenvalue weighted by Crippen LogP contribution is -2.36. The molecule has 0 aliphatic heterocycles. The molecule has 0 amide bonds. The third kappa shape index (κ3) is 7.74. The van der Waals surface area contributed by atoms with E-state index in [0.717, 1.165) is 24.9 Å². The summed E-state index contributed by atoms with van der Waals surface area (Å²) in [7, 11) is 0. The Morgan fingerprint density at radius 2 is 1.78 bits per heavy atom. The largest absolute Gasteiger partial charge is 0.491 e. The van der Waals surface area contributed by atoms with Crippen LogP contribution in [0.15, 0.2) is 54.6 Å². The lowest BCUT2D eigenvalue weighted by molar-refractivity contribution is -0.384. The maximum absolute atomic E-state index is 10.7.